The summed E-state index contributed by atoms with van der Waals surface area (Å²) in [6, 6.07) is 49.7. The average Bonchev–Trinajstić information content (AvgIpc) is 3.05. The minimum absolute atomic E-state index is 0.895. The van der Waals surface area contributed by atoms with Gasteiger partial charge in [0.2, 0.25) is 0 Å². The van der Waals surface area contributed by atoms with Gasteiger partial charge in [0.05, 0.1) is 17.2 Å². The third kappa shape index (κ3) is 6.71. The highest BCUT2D eigenvalue weighted by atomic mass is 31.2. The van der Waals surface area contributed by atoms with Crippen molar-refractivity contribution in [1.82, 2.24) is 5.43 Å². The summed E-state index contributed by atoms with van der Waals surface area (Å²) in [7, 11) is 6.07. The quantitative estimate of drug-likeness (QED) is 0.109. The molecule has 0 aliphatic heterocycles. The minimum Gasteiger partial charge on any atom is -0.378 e. The molecule has 0 amide bonds. The maximum Gasteiger partial charge on any atom is 0.138 e. The monoisotopic (exact) mass is 583 g/mol. The molecular formula is C38H40N4P+. The lowest BCUT2D eigenvalue weighted by atomic mass is 10.0. The maximum atomic E-state index is 5.07. The fourth-order valence-electron chi connectivity index (χ4n) is 5.25. The van der Waals surface area contributed by atoms with Gasteiger partial charge in [-0.15, -0.1) is 0 Å². The summed E-state index contributed by atoms with van der Waals surface area (Å²) in [5.74, 6) is 2.42. The van der Waals surface area contributed by atoms with E-state index in [9.17, 15) is 0 Å². The van der Waals surface area contributed by atoms with Gasteiger partial charge in [0.1, 0.15) is 23.2 Å². The van der Waals surface area contributed by atoms with Crippen LogP contribution in [-0.2, 0) is 0 Å². The van der Waals surface area contributed by atoms with Crippen molar-refractivity contribution < 1.29 is 0 Å². The van der Waals surface area contributed by atoms with Crippen molar-refractivity contribution in [3.05, 3.63) is 162 Å². The van der Waals surface area contributed by atoms with Gasteiger partial charge >= 0.3 is 0 Å². The normalized spacial score (nSPS) is 11.5. The molecule has 0 aliphatic carbocycles. The van der Waals surface area contributed by atoms with Crippen LogP contribution in [0.25, 0.3) is 0 Å². The number of benzene rings is 5. The average molecular weight is 584 g/mol. The molecule has 1 N–H and O–H groups in total. The molecule has 0 radical (unpaired) electrons. The van der Waals surface area contributed by atoms with E-state index in [-0.39, 0.29) is 0 Å². The Kier molecular flexibility index (Phi) is 9.39. The topological polar surface area (TPSA) is 30.9 Å². The van der Waals surface area contributed by atoms with Gasteiger partial charge in [0, 0.05) is 50.7 Å². The molecule has 216 valence electrons. The SMILES string of the molecule is CC(=C[P+](c1ccccc1)(c1ccccc1)c1ccccc1)NN=C(c1ccc(N(C)C)cc1)c1ccc(N(C)C)cc1. The first kappa shape index (κ1) is 29.8. The predicted octanol–water partition coefficient (Wildman–Crippen LogP) is 7.02. The lowest BCUT2D eigenvalue weighted by molar-refractivity contribution is 0.891. The van der Waals surface area contributed by atoms with Crippen LogP contribution < -0.4 is 31.1 Å². The summed E-state index contributed by atoms with van der Waals surface area (Å²) >= 11 is 0. The number of nitrogens with one attached hydrogen (secondary N) is 1. The van der Waals surface area contributed by atoms with Crippen molar-refractivity contribution in [3.63, 3.8) is 0 Å². The van der Waals surface area contributed by atoms with Crippen LogP contribution in [0, 0.1) is 0 Å². The molecule has 43 heavy (non-hydrogen) atoms. The molecule has 0 saturated carbocycles. The second kappa shape index (κ2) is 13.5. The number of hydrogen-bond donors (Lipinski definition) is 1. The molecule has 5 heteroatoms. The third-order valence-electron chi connectivity index (χ3n) is 7.54. The number of hydrogen-bond acceptors (Lipinski definition) is 4. The van der Waals surface area contributed by atoms with Crippen LogP contribution in [0.4, 0.5) is 11.4 Å². The molecule has 0 atom stereocenters. The van der Waals surface area contributed by atoms with Crippen LogP contribution in [0.3, 0.4) is 0 Å². The Morgan fingerprint density at radius 1 is 0.535 bits per heavy atom. The van der Waals surface area contributed by atoms with Crippen LogP contribution in [0.2, 0.25) is 0 Å². The summed E-state index contributed by atoms with van der Waals surface area (Å²) in [6.45, 7) is 2.12. The highest BCUT2D eigenvalue weighted by Gasteiger charge is 2.43. The molecule has 0 fully saturated rings. The van der Waals surface area contributed by atoms with Gasteiger partial charge in [-0.25, -0.2) is 0 Å². The summed E-state index contributed by atoms with van der Waals surface area (Å²) in [5, 5.41) is 8.97. The predicted molar refractivity (Wildman–Crippen MR) is 189 cm³/mol. The summed E-state index contributed by atoms with van der Waals surface area (Å²) in [6.07, 6.45) is 0. The van der Waals surface area contributed by atoms with Gasteiger partial charge in [0.25, 0.3) is 0 Å². The zero-order valence-corrected chi connectivity index (χ0v) is 26.5. The molecule has 0 spiro atoms. The van der Waals surface area contributed by atoms with Crippen molar-refractivity contribution >= 4 is 40.3 Å². The fraction of sp³-hybridized carbons (Fsp3) is 0.132. The lowest BCUT2D eigenvalue weighted by Gasteiger charge is -2.24. The van der Waals surface area contributed by atoms with E-state index in [1.165, 1.54) is 15.9 Å². The van der Waals surface area contributed by atoms with Crippen molar-refractivity contribution in [2.45, 2.75) is 6.92 Å². The Hall–Kier alpha value is -4.66. The minimum atomic E-state index is -2.15. The Morgan fingerprint density at radius 3 is 1.21 bits per heavy atom. The van der Waals surface area contributed by atoms with Crippen molar-refractivity contribution in [3.8, 4) is 0 Å². The summed E-state index contributed by atoms with van der Waals surface area (Å²) in [4.78, 5) is 4.22. The van der Waals surface area contributed by atoms with Crippen molar-refractivity contribution in [2.24, 2.45) is 5.10 Å². The Balaban J connectivity index is 1.63. The Bertz CT molecular complexity index is 1510. The highest BCUT2D eigenvalue weighted by Crippen LogP contribution is 2.57. The molecule has 5 rings (SSSR count). The second-order valence-electron chi connectivity index (χ2n) is 11.0. The van der Waals surface area contributed by atoms with E-state index in [0.717, 1.165) is 33.9 Å². The van der Waals surface area contributed by atoms with Crippen LogP contribution >= 0.6 is 7.26 Å². The fourth-order valence-corrected chi connectivity index (χ4v) is 9.16. The van der Waals surface area contributed by atoms with E-state index in [1.54, 1.807) is 0 Å². The zero-order chi connectivity index (χ0) is 30.2. The Morgan fingerprint density at radius 2 is 0.884 bits per heavy atom. The smallest absolute Gasteiger partial charge is 0.138 e. The van der Waals surface area contributed by atoms with E-state index in [0.29, 0.717) is 0 Å². The van der Waals surface area contributed by atoms with E-state index in [2.05, 4.69) is 196 Å². The number of anilines is 2. The largest absolute Gasteiger partial charge is 0.378 e. The van der Waals surface area contributed by atoms with E-state index >= 15 is 0 Å². The molecule has 0 bridgehead atoms. The van der Waals surface area contributed by atoms with Crippen molar-refractivity contribution in [2.75, 3.05) is 38.0 Å². The zero-order valence-electron chi connectivity index (χ0n) is 25.6. The highest BCUT2D eigenvalue weighted by molar-refractivity contribution is 7.98. The van der Waals surface area contributed by atoms with Crippen molar-refractivity contribution in [1.29, 1.82) is 0 Å². The van der Waals surface area contributed by atoms with E-state index < -0.39 is 7.26 Å². The van der Waals surface area contributed by atoms with Crippen LogP contribution in [0.15, 0.2) is 156 Å². The maximum absolute atomic E-state index is 5.07. The van der Waals surface area contributed by atoms with Gasteiger partial charge in [-0.1, -0.05) is 78.9 Å². The van der Waals surface area contributed by atoms with Crippen LogP contribution in [-0.4, -0.2) is 33.9 Å². The van der Waals surface area contributed by atoms with Gasteiger partial charge in [-0.05, 0) is 67.6 Å². The molecule has 0 aromatic heterocycles. The molecule has 5 aromatic carbocycles. The van der Waals surface area contributed by atoms with Gasteiger partial charge in [-0.2, -0.15) is 5.10 Å². The third-order valence-corrected chi connectivity index (χ3v) is 11.6. The molecule has 0 aliphatic rings. The number of hydrazone groups is 1. The first-order valence-electron chi connectivity index (χ1n) is 14.5. The molecule has 0 heterocycles. The molecule has 0 unspecified atom stereocenters. The summed E-state index contributed by atoms with van der Waals surface area (Å²) < 4.78 is 0. The van der Waals surface area contributed by atoms with Gasteiger partial charge < -0.3 is 9.80 Å². The Labute approximate surface area is 257 Å². The number of rotatable bonds is 10. The molecular weight excluding hydrogens is 543 g/mol. The standard InChI is InChI=1S/C38H40N4P/c1-30(29-43(35-15-9-6-10-16-35,36-17-11-7-12-18-36)37-19-13-8-14-20-37)39-40-38(31-21-25-33(26-22-31)41(2)3)32-23-27-34(28-24-32)42(4)5/h6-29,39H,1-5H3/q+1. The molecule has 5 aromatic rings. The first-order valence-corrected chi connectivity index (χ1v) is 16.4. The van der Waals surface area contributed by atoms with E-state index in [1.807, 2.05) is 0 Å². The lowest BCUT2D eigenvalue weighted by Crippen LogP contribution is -2.30. The van der Waals surface area contributed by atoms with Crippen LogP contribution in [0.5, 0.6) is 0 Å². The first-order chi connectivity index (χ1) is 20.9. The van der Waals surface area contributed by atoms with E-state index in [4.69, 9.17) is 5.10 Å². The molecule has 0 saturated heterocycles. The molecule has 4 nitrogen and oxygen atoms in total. The summed E-state index contributed by atoms with van der Waals surface area (Å²) in [5.41, 5.74) is 9.78. The number of allylic oxidation sites excluding steroid dienone is 1. The van der Waals surface area contributed by atoms with Crippen LogP contribution in [0.1, 0.15) is 18.1 Å². The second-order valence-corrected chi connectivity index (χ2v) is 14.2. The van der Waals surface area contributed by atoms with Gasteiger partial charge in [-0.3, -0.25) is 5.43 Å². The van der Waals surface area contributed by atoms with Gasteiger partial charge in [0.15, 0.2) is 0 Å². The number of nitrogens with zero attached hydrogens (tertiary/aromatic N) is 3.